The fourth-order valence-electron chi connectivity index (χ4n) is 3.17. The van der Waals surface area contributed by atoms with E-state index < -0.39 is 23.7 Å². The van der Waals surface area contributed by atoms with E-state index in [9.17, 15) is 13.6 Å². The number of hydrogen-bond donors (Lipinski definition) is 1. The summed E-state index contributed by atoms with van der Waals surface area (Å²) in [6.45, 7) is 3.44. The fraction of sp³-hybridized carbons (Fsp3) is 0.588. The molecule has 0 spiro atoms. The second kappa shape index (κ2) is 7.68. The zero-order valence-electron chi connectivity index (χ0n) is 13.1. The van der Waals surface area contributed by atoms with E-state index in [0.717, 1.165) is 38.2 Å². The van der Waals surface area contributed by atoms with Crippen LogP contribution < -0.4 is 5.32 Å². The van der Waals surface area contributed by atoms with Crippen molar-refractivity contribution in [2.45, 2.75) is 64.1 Å². The molecule has 1 heterocycles. The van der Waals surface area contributed by atoms with E-state index in [1.165, 1.54) is 19.1 Å². The number of esters is 1. The molecule has 3 nitrogen and oxygen atoms in total. The first-order valence-corrected chi connectivity index (χ1v) is 7.89. The average Bonchev–Trinajstić information content (AvgIpc) is 2.44. The van der Waals surface area contributed by atoms with Crippen LogP contribution in [0.1, 0.15) is 57.6 Å². The molecule has 0 bridgehead atoms. The average molecular weight is 311 g/mol. The molecular weight excluding hydrogens is 288 g/mol. The zero-order chi connectivity index (χ0) is 16.1. The summed E-state index contributed by atoms with van der Waals surface area (Å²) in [4.78, 5) is 11.4. The molecule has 5 heteroatoms. The lowest BCUT2D eigenvalue weighted by molar-refractivity contribution is -0.149. The lowest BCUT2D eigenvalue weighted by Crippen LogP contribution is -2.46. The summed E-state index contributed by atoms with van der Waals surface area (Å²) in [6, 6.07) is 3.54. The van der Waals surface area contributed by atoms with Crippen molar-refractivity contribution in [3.05, 3.63) is 35.4 Å². The summed E-state index contributed by atoms with van der Waals surface area (Å²) >= 11 is 0. The van der Waals surface area contributed by atoms with Gasteiger partial charge in [-0.2, -0.15) is 0 Å². The second-order valence-electron chi connectivity index (χ2n) is 5.92. The van der Waals surface area contributed by atoms with Crippen LogP contribution in [0.5, 0.6) is 0 Å². The Morgan fingerprint density at radius 1 is 1.32 bits per heavy atom. The van der Waals surface area contributed by atoms with Crippen molar-refractivity contribution in [1.82, 2.24) is 5.32 Å². The second-order valence-corrected chi connectivity index (χ2v) is 5.92. The van der Waals surface area contributed by atoms with Gasteiger partial charge in [-0.3, -0.25) is 4.79 Å². The van der Waals surface area contributed by atoms with Gasteiger partial charge in [0.2, 0.25) is 0 Å². The first kappa shape index (κ1) is 16.9. The number of nitrogens with one attached hydrogen (secondary N) is 1. The molecule has 0 unspecified atom stereocenters. The van der Waals surface area contributed by atoms with Crippen molar-refractivity contribution in [2.24, 2.45) is 0 Å². The van der Waals surface area contributed by atoms with Crippen molar-refractivity contribution in [2.75, 3.05) is 0 Å². The highest BCUT2D eigenvalue weighted by Crippen LogP contribution is 2.30. The van der Waals surface area contributed by atoms with Crippen molar-refractivity contribution in [3.8, 4) is 0 Å². The van der Waals surface area contributed by atoms with Crippen molar-refractivity contribution in [1.29, 1.82) is 0 Å². The molecule has 2 rings (SSSR count). The number of carbonyl (C=O) groups excluding carboxylic acids is 1. The number of piperidine rings is 1. The van der Waals surface area contributed by atoms with Crippen molar-refractivity contribution >= 4 is 5.97 Å². The Morgan fingerprint density at radius 2 is 2.00 bits per heavy atom. The largest absolute Gasteiger partial charge is 0.456 e. The third kappa shape index (κ3) is 4.50. The van der Waals surface area contributed by atoms with Crippen LogP contribution in [0.25, 0.3) is 0 Å². The normalized spacial score (nSPS) is 23.1. The van der Waals surface area contributed by atoms with Crippen LogP contribution in [-0.2, 0) is 9.53 Å². The first-order chi connectivity index (χ1) is 10.5. The molecule has 1 fully saturated rings. The molecule has 1 aromatic rings. The van der Waals surface area contributed by atoms with Crippen LogP contribution in [0, 0.1) is 11.6 Å². The molecule has 122 valence electrons. The maximum atomic E-state index is 13.5. The van der Waals surface area contributed by atoms with E-state index in [4.69, 9.17) is 4.74 Å². The molecule has 1 aliphatic heterocycles. The van der Waals surface area contributed by atoms with E-state index in [1.54, 1.807) is 0 Å². The van der Waals surface area contributed by atoms with E-state index in [1.807, 2.05) is 0 Å². The third-order valence-electron chi connectivity index (χ3n) is 4.03. The number of benzene rings is 1. The SMILES string of the molecule is CCC[C@H]1CCC[C@H]([C@@H](OC(C)=O)c2cc(F)cc(F)c2)N1. The Kier molecular flexibility index (Phi) is 5.89. The van der Waals surface area contributed by atoms with E-state index >= 15 is 0 Å². The van der Waals surface area contributed by atoms with E-state index in [2.05, 4.69) is 12.2 Å². The highest BCUT2D eigenvalue weighted by molar-refractivity contribution is 5.66. The Balaban J connectivity index is 2.23. The van der Waals surface area contributed by atoms with Gasteiger partial charge in [0.15, 0.2) is 0 Å². The molecule has 0 aliphatic carbocycles. The lowest BCUT2D eigenvalue weighted by Gasteiger charge is -2.35. The first-order valence-electron chi connectivity index (χ1n) is 7.89. The quantitative estimate of drug-likeness (QED) is 0.839. The molecule has 22 heavy (non-hydrogen) atoms. The minimum absolute atomic E-state index is 0.115. The van der Waals surface area contributed by atoms with Crippen LogP contribution in [-0.4, -0.2) is 18.1 Å². The molecule has 1 aliphatic rings. The van der Waals surface area contributed by atoms with Gasteiger partial charge in [0.1, 0.15) is 17.7 Å². The number of carbonyl (C=O) groups is 1. The summed E-state index contributed by atoms with van der Waals surface area (Å²) in [6.07, 6.45) is 4.35. The smallest absolute Gasteiger partial charge is 0.303 e. The minimum atomic E-state index is -0.664. The van der Waals surface area contributed by atoms with Crippen LogP contribution >= 0.6 is 0 Å². The highest BCUT2D eigenvalue weighted by atomic mass is 19.1. The van der Waals surface area contributed by atoms with Gasteiger partial charge in [0, 0.05) is 25.1 Å². The Morgan fingerprint density at radius 3 is 2.59 bits per heavy atom. The van der Waals surface area contributed by atoms with Gasteiger partial charge in [0.25, 0.3) is 0 Å². The summed E-state index contributed by atoms with van der Waals surface area (Å²) in [7, 11) is 0. The maximum absolute atomic E-state index is 13.5. The lowest BCUT2D eigenvalue weighted by atomic mass is 9.90. The van der Waals surface area contributed by atoms with Crippen molar-refractivity contribution in [3.63, 3.8) is 0 Å². The zero-order valence-corrected chi connectivity index (χ0v) is 13.1. The van der Waals surface area contributed by atoms with E-state index in [-0.39, 0.29) is 6.04 Å². The highest BCUT2D eigenvalue weighted by Gasteiger charge is 2.31. The molecule has 0 amide bonds. The monoisotopic (exact) mass is 311 g/mol. The van der Waals surface area contributed by atoms with Gasteiger partial charge in [-0.05, 0) is 37.0 Å². The molecule has 0 aromatic heterocycles. The minimum Gasteiger partial charge on any atom is -0.456 e. The Bertz CT molecular complexity index is 499. The van der Waals surface area contributed by atoms with Gasteiger partial charge in [-0.25, -0.2) is 8.78 Å². The molecular formula is C17H23F2NO2. The summed E-state index contributed by atoms with van der Waals surface area (Å²) < 4.78 is 32.4. The third-order valence-corrected chi connectivity index (χ3v) is 4.03. The van der Waals surface area contributed by atoms with Gasteiger partial charge >= 0.3 is 5.97 Å². The van der Waals surface area contributed by atoms with Gasteiger partial charge in [-0.15, -0.1) is 0 Å². The fourth-order valence-corrected chi connectivity index (χ4v) is 3.17. The van der Waals surface area contributed by atoms with Crippen molar-refractivity contribution < 1.29 is 18.3 Å². The molecule has 0 saturated carbocycles. The van der Waals surface area contributed by atoms with Gasteiger partial charge < -0.3 is 10.1 Å². The van der Waals surface area contributed by atoms with E-state index in [0.29, 0.717) is 11.6 Å². The van der Waals surface area contributed by atoms with Crippen LogP contribution in [0.3, 0.4) is 0 Å². The predicted molar refractivity (Wildman–Crippen MR) is 80.3 cm³/mol. The Hall–Kier alpha value is -1.49. The molecule has 0 radical (unpaired) electrons. The predicted octanol–water partition coefficient (Wildman–Crippen LogP) is 3.88. The number of halogens is 2. The van der Waals surface area contributed by atoms with Gasteiger partial charge in [0.05, 0.1) is 0 Å². The van der Waals surface area contributed by atoms with Gasteiger partial charge in [-0.1, -0.05) is 19.8 Å². The van der Waals surface area contributed by atoms with Crippen LogP contribution in [0.4, 0.5) is 8.78 Å². The summed E-state index contributed by atoms with van der Waals surface area (Å²) in [5.41, 5.74) is 0.363. The number of hydrogen-bond acceptors (Lipinski definition) is 3. The Labute approximate surface area is 130 Å². The number of ether oxygens (including phenoxy) is 1. The topological polar surface area (TPSA) is 38.3 Å². The van der Waals surface area contributed by atoms with Crippen LogP contribution in [0.2, 0.25) is 0 Å². The summed E-state index contributed by atoms with van der Waals surface area (Å²) in [5, 5.41) is 3.48. The molecule has 1 aromatic carbocycles. The molecule has 1 N–H and O–H groups in total. The summed E-state index contributed by atoms with van der Waals surface area (Å²) in [5.74, 6) is -1.77. The molecule has 1 saturated heterocycles. The maximum Gasteiger partial charge on any atom is 0.303 e. The standard InChI is InChI=1S/C17H23F2NO2/c1-3-5-15-6-4-7-16(20-15)17(22-11(2)21)12-8-13(18)10-14(19)9-12/h8-10,15-17,20H,3-7H2,1-2H3/t15-,16+,17-/m0/s1. The number of rotatable bonds is 5. The molecule has 3 atom stereocenters. The van der Waals surface area contributed by atoms with Crippen LogP contribution in [0.15, 0.2) is 18.2 Å².